The van der Waals surface area contributed by atoms with E-state index in [4.69, 9.17) is 18.0 Å². The standard InChI is InChI=1S/C14H10F2N2OS/c15-9-3-6-12(16)11(7-9)14(19)18-10-4-1-8(2-5-10)13(17)20/h1-7H,(H2,17,20)(H,18,19). The maximum atomic E-state index is 13.4. The number of carbonyl (C=O) groups excluding carboxylic acids is 1. The van der Waals surface area contributed by atoms with Gasteiger partial charge in [0.05, 0.1) is 5.56 Å². The average Bonchev–Trinajstić information content (AvgIpc) is 2.42. The van der Waals surface area contributed by atoms with Crippen molar-refractivity contribution in [2.75, 3.05) is 5.32 Å². The Labute approximate surface area is 119 Å². The zero-order chi connectivity index (χ0) is 14.7. The van der Waals surface area contributed by atoms with Crippen molar-refractivity contribution < 1.29 is 13.6 Å². The van der Waals surface area contributed by atoms with Gasteiger partial charge in [-0.1, -0.05) is 12.2 Å². The Hall–Kier alpha value is -2.34. The van der Waals surface area contributed by atoms with E-state index in [1.165, 1.54) is 0 Å². The molecule has 0 aliphatic carbocycles. The maximum Gasteiger partial charge on any atom is 0.258 e. The Morgan fingerprint density at radius 1 is 1.10 bits per heavy atom. The van der Waals surface area contributed by atoms with E-state index >= 15 is 0 Å². The lowest BCUT2D eigenvalue weighted by Gasteiger charge is -2.07. The van der Waals surface area contributed by atoms with Gasteiger partial charge in [-0.05, 0) is 42.5 Å². The highest BCUT2D eigenvalue weighted by Crippen LogP contribution is 2.14. The number of thiocarbonyl (C=S) groups is 1. The Morgan fingerprint density at radius 3 is 2.35 bits per heavy atom. The van der Waals surface area contributed by atoms with Gasteiger partial charge in [0, 0.05) is 11.3 Å². The predicted octanol–water partition coefficient (Wildman–Crippen LogP) is 2.85. The maximum absolute atomic E-state index is 13.4. The number of rotatable bonds is 3. The smallest absolute Gasteiger partial charge is 0.258 e. The van der Waals surface area contributed by atoms with Crippen LogP contribution in [0.15, 0.2) is 42.5 Å². The van der Waals surface area contributed by atoms with Crippen LogP contribution >= 0.6 is 12.2 Å². The van der Waals surface area contributed by atoms with Gasteiger partial charge in [-0.2, -0.15) is 0 Å². The highest BCUT2D eigenvalue weighted by atomic mass is 32.1. The minimum absolute atomic E-state index is 0.235. The molecule has 3 nitrogen and oxygen atoms in total. The first kappa shape index (κ1) is 14.1. The van der Waals surface area contributed by atoms with Crippen LogP contribution in [-0.2, 0) is 0 Å². The summed E-state index contributed by atoms with van der Waals surface area (Å²) in [6.07, 6.45) is 0. The van der Waals surface area contributed by atoms with Crippen LogP contribution in [0.5, 0.6) is 0 Å². The molecule has 2 aromatic rings. The van der Waals surface area contributed by atoms with Crippen molar-refractivity contribution in [3.63, 3.8) is 0 Å². The van der Waals surface area contributed by atoms with Gasteiger partial charge in [-0.3, -0.25) is 4.79 Å². The second kappa shape index (κ2) is 5.75. The number of halogens is 2. The molecule has 1 amide bonds. The van der Waals surface area contributed by atoms with Crippen molar-refractivity contribution in [3.8, 4) is 0 Å². The molecule has 0 spiro atoms. The van der Waals surface area contributed by atoms with Crippen LogP contribution in [0.4, 0.5) is 14.5 Å². The SMILES string of the molecule is NC(=S)c1ccc(NC(=O)c2cc(F)ccc2F)cc1. The highest BCUT2D eigenvalue weighted by Gasteiger charge is 2.13. The fourth-order valence-corrected chi connectivity index (χ4v) is 1.72. The molecular formula is C14H10F2N2OS. The summed E-state index contributed by atoms with van der Waals surface area (Å²) in [5.41, 5.74) is 6.16. The van der Waals surface area contributed by atoms with Crippen molar-refractivity contribution in [1.29, 1.82) is 0 Å². The first-order valence-electron chi connectivity index (χ1n) is 5.63. The van der Waals surface area contributed by atoms with E-state index in [1.54, 1.807) is 24.3 Å². The van der Waals surface area contributed by atoms with Crippen molar-refractivity contribution in [2.45, 2.75) is 0 Å². The molecule has 3 N–H and O–H groups in total. The Bertz CT molecular complexity index is 671. The van der Waals surface area contributed by atoms with Crippen LogP contribution in [0.1, 0.15) is 15.9 Å². The molecule has 0 saturated carbocycles. The molecule has 20 heavy (non-hydrogen) atoms. The van der Waals surface area contributed by atoms with E-state index in [1.807, 2.05) is 0 Å². The third kappa shape index (κ3) is 3.16. The molecule has 0 radical (unpaired) electrons. The zero-order valence-corrected chi connectivity index (χ0v) is 11.0. The summed E-state index contributed by atoms with van der Waals surface area (Å²) < 4.78 is 26.4. The second-order valence-electron chi connectivity index (χ2n) is 4.02. The number of amides is 1. The van der Waals surface area contributed by atoms with E-state index in [0.717, 1.165) is 18.2 Å². The largest absolute Gasteiger partial charge is 0.389 e. The van der Waals surface area contributed by atoms with E-state index in [2.05, 4.69) is 5.32 Å². The van der Waals surface area contributed by atoms with E-state index in [0.29, 0.717) is 11.3 Å². The van der Waals surface area contributed by atoms with E-state index < -0.39 is 17.5 Å². The fourth-order valence-electron chi connectivity index (χ4n) is 1.59. The van der Waals surface area contributed by atoms with Crippen molar-refractivity contribution >= 4 is 28.8 Å². The molecule has 0 aliphatic heterocycles. The van der Waals surface area contributed by atoms with Crippen LogP contribution in [0.3, 0.4) is 0 Å². The molecular weight excluding hydrogens is 282 g/mol. The number of carbonyl (C=O) groups is 1. The van der Waals surface area contributed by atoms with Gasteiger partial charge < -0.3 is 11.1 Å². The van der Waals surface area contributed by atoms with Crippen LogP contribution in [0.25, 0.3) is 0 Å². The Balaban J connectivity index is 2.19. The average molecular weight is 292 g/mol. The van der Waals surface area contributed by atoms with Crippen molar-refractivity contribution in [2.24, 2.45) is 5.73 Å². The molecule has 0 fully saturated rings. The number of hydrogen-bond acceptors (Lipinski definition) is 2. The third-order valence-electron chi connectivity index (χ3n) is 2.60. The monoisotopic (exact) mass is 292 g/mol. The number of nitrogens with one attached hydrogen (secondary N) is 1. The molecule has 102 valence electrons. The third-order valence-corrected chi connectivity index (χ3v) is 2.84. The number of hydrogen-bond donors (Lipinski definition) is 2. The second-order valence-corrected chi connectivity index (χ2v) is 4.46. The lowest BCUT2D eigenvalue weighted by Crippen LogP contribution is -2.14. The van der Waals surface area contributed by atoms with Crippen LogP contribution in [0.2, 0.25) is 0 Å². The molecule has 0 atom stereocenters. The molecule has 6 heteroatoms. The Kier molecular flexibility index (Phi) is 4.05. The quantitative estimate of drug-likeness (QED) is 0.855. The molecule has 2 rings (SSSR count). The lowest BCUT2D eigenvalue weighted by atomic mass is 10.1. The minimum atomic E-state index is -0.788. The first-order valence-corrected chi connectivity index (χ1v) is 6.04. The summed E-state index contributed by atoms with van der Waals surface area (Å²) in [6, 6.07) is 9.09. The zero-order valence-electron chi connectivity index (χ0n) is 10.2. The number of nitrogens with two attached hydrogens (primary N) is 1. The molecule has 0 aliphatic rings. The van der Waals surface area contributed by atoms with Gasteiger partial charge in [0.15, 0.2) is 0 Å². The summed E-state index contributed by atoms with van der Waals surface area (Å²) in [6.45, 7) is 0. The molecule has 0 saturated heterocycles. The van der Waals surface area contributed by atoms with E-state index in [9.17, 15) is 13.6 Å². The molecule has 0 heterocycles. The summed E-state index contributed by atoms with van der Waals surface area (Å²) in [4.78, 5) is 12.1. The molecule has 0 bridgehead atoms. The fraction of sp³-hybridized carbons (Fsp3) is 0. The van der Waals surface area contributed by atoms with Gasteiger partial charge in [-0.25, -0.2) is 8.78 Å². The van der Waals surface area contributed by atoms with Gasteiger partial charge in [0.1, 0.15) is 16.6 Å². The first-order chi connectivity index (χ1) is 9.47. The minimum Gasteiger partial charge on any atom is -0.389 e. The lowest BCUT2D eigenvalue weighted by molar-refractivity contribution is 0.102. The van der Waals surface area contributed by atoms with Gasteiger partial charge in [0.25, 0.3) is 5.91 Å². The molecule has 0 unspecified atom stereocenters. The van der Waals surface area contributed by atoms with Crippen LogP contribution < -0.4 is 11.1 Å². The van der Waals surface area contributed by atoms with Crippen LogP contribution in [-0.4, -0.2) is 10.9 Å². The summed E-state index contributed by atoms with van der Waals surface area (Å²) >= 11 is 4.80. The topological polar surface area (TPSA) is 55.1 Å². The van der Waals surface area contributed by atoms with Gasteiger partial charge >= 0.3 is 0 Å². The number of benzene rings is 2. The van der Waals surface area contributed by atoms with E-state index in [-0.39, 0.29) is 10.6 Å². The van der Waals surface area contributed by atoms with Gasteiger partial charge in [0.2, 0.25) is 0 Å². The van der Waals surface area contributed by atoms with Gasteiger partial charge in [-0.15, -0.1) is 0 Å². The normalized spacial score (nSPS) is 10.1. The summed E-state index contributed by atoms with van der Waals surface area (Å²) in [5, 5.41) is 2.46. The highest BCUT2D eigenvalue weighted by molar-refractivity contribution is 7.80. The summed E-state index contributed by atoms with van der Waals surface area (Å²) in [7, 11) is 0. The van der Waals surface area contributed by atoms with Crippen molar-refractivity contribution in [3.05, 3.63) is 65.2 Å². The Morgan fingerprint density at radius 2 is 1.75 bits per heavy atom. The molecule has 2 aromatic carbocycles. The predicted molar refractivity (Wildman–Crippen MR) is 76.6 cm³/mol. The molecule has 0 aromatic heterocycles. The summed E-state index contributed by atoms with van der Waals surface area (Å²) in [5.74, 6) is -2.20. The number of anilines is 1. The van der Waals surface area contributed by atoms with Crippen molar-refractivity contribution in [1.82, 2.24) is 0 Å². The van der Waals surface area contributed by atoms with Crippen LogP contribution in [0, 0.1) is 11.6 Å².